The lowest BCUT2D eigenvalue weighted by Gasteiger charge is -2.23. The van der Waals surface area contributed by atoms with Crippen molar-refractivity contribution in [1.82, 2.24) is 29.9 Å². The van der Waals surface area contributed by atoms with Gasteiger partial charge in [0, 0.05) is 19.7 Å². The number of carbonyl (C=O) groups is 1. The molecule has 0 fully saturated rings. The van der Waals surface area contributed by atoms with Crippen LogP contribution in [0.5, 0.6) is 0 Å². The molecule has 106 valence electrons. The smallest absolute Gasteiger partial charge is 0.320 e. The second-order valence-corrected chi connectivity index (χ2v) is 4.93. The van der Waals surface area contributed by atoms with Crippen molar-refractivity contribution in [3.05, 3.63) is 23.9 Å². The molecule has 20 heavy (non-hydrogen) atoms. The Bertz CT molecular complexity index is 630. The van der Waals surface area contributed by atoms with E-state index in [1.54, 1.807) is 11.7 Å². The molecular formula is C12H17N7O. The van der Waals surface area contributed by atoms with Crippen LogP contribution < -0.4 is 10.6 Å². The number of aromatic nitrogens is 5. The van der Waals surface area contributed by atoms with Crippen LogP contribution in [0.3, 0.4) is 0 Å². The van der Waals surface area contributed by atoms with E-state index in [2.05, 4.69) is 25.8 Å². The molecule has 1 unspecified atom stereocenters. The van der Waals surface area contributed by atoms with E-state index in [0.717, 1.165) is 30.9 Å². The van der Waals surface area contributed by atoms with E-state index in [9.17, 15) is 4.79 Å². The van der Waals surface area contributed by atoms with Gasteiger partial charge in [-0.3, -0.25) is 10.00 Å². The third-order valence-electron chi connectivity index (χ3n) is 3.37. The molecule has 0 radical (unpaired) electrons. The predicted octanol–water partition coefficient (Wildman–Crippen LogP) is 0.977. The molecule has 0 aromatic carbocycles. The highest BCUT2D eigenvalue weighted by molar-refractivity contribution is 5.88. The van der Waals surface area contributed by atoms with Crippen molar-refractivity contribution in [1.29, 1.82) is 0 Å². The normalized spacial score (nSPS) is 17.6. The number of aryl methyl sites for hydroxylation is 3. The molecule has 2 aromatic heterocycles. The maximum Gasteiger partial charge on any atom is 0.320 e. The summed E-state index contributed by atoms with van der Waals surface area (Å²) in [6.45, 7) is 2.74. The van der Waals surface area contributed by atoms with Crippen LogP contribution in [0.25, 0.3) is 0 Å². The molecule has 2 N–H and O–H groups in total. The summed E-state index contributed by atoms with van der Waals surface area (Å²) in [5.74, 6) is 1.48. The average Bonchev–Trinajstić information content (AvgIpc) is 2.97. The van der Waals surface area contributed by atoms with Crippen molar-refractivity contribution in [2.24, 2.45) is 7.05 Å². The van der Waals surface area contributed by atoms with Gasteiger partial charge in [-0.25, -0.2) is 14.5 Å². The van der Waals surface area contributed by atoms with Gasteiger partial charge >= 0.3 is 6.03 Å². The Morgan fingerprint density at radius 3 is 3.10 bits per heavy atom. The largest absolute Gasteiger partial charge is 0.328 e. The zero-order valence-electron chi connectivity index (χ0n) is 11.5. The number of rotatable bonds is 2. The van der Waals surface area contributed by atoms with Gasteiger partial charge in [0.25, 0.3) is 0 Å². The van der Waals surface area contributed by atoms with E-state index in [1.807, 2.05) is 17.7 Å². The lowest BCUT2D eigenvalue weighted by atomic mass is 10.1. The first-order valence-electron chi connectivity index (χ1n) is 6.59. The van der Waals surface area contributed by atoms with Crippen LogP contribution in [-0.2, 0) is 13.6 Å². The lowest BCUT2D eigenvalue weighted by Crippen LogP contribution is -2.36. The number of carbonyl (C=O) groups excluding carboxylic acids is 1. The Labute approximate surface area is 116 Å². The maximum atomic E-state index is 12.1. The van der Waals surface area contributed by atoms with Gasteiger partial charge < -0.3 is 5.32 Å². The number of nitrogens with zero attached hydrogens (tertiary/aromatic N) is 5. The van der Waals surface area contributed by atoms with Gasteiger partial charge in [0.15, 0.2) is 0 Å². The summed E-state index contributed by atoms with van der Waals surface area (Å²) in [7, 11) is 1.79. The Balaban J connectivity index is 1.67. The highest BCUT2D eigenvalue weighted by Crippen LogP contribution is 2.22. The summed E-state index contributed by atoms with van der Waals surface area (Å²) < 4.78 is 3.47. The molecule has 8 heteroatoms. The molecule has 2 amide bonds. The molecule has 0 saturated carbocycles. The first kappa shape index (κ1) is 12.6. The molecule has 3 heterocycles. The second kappa shape index (κ2) is 4.95. The van der Waals surface area contributed by atoms with Gasteiger partial charge in [-0.05, 0) is 19.8 Å². The molecule has 1 aliphatic rings. The average molecular weight is 275 g/mol. The number of urea groups is 1. The lowest BCUT2D eigenvalue weighted by molar-refractivity contribution is 0.244. The van der Waals surface area contributed by atoms with Crippen LogP contribution in [0.15, 0.2) is 12.4 Å². The fourth-order valence-electron chi connectivity index (χ4n) is 2.46. The Hall–Kier alpha value is -2.38. The Kier molecular flexibility index (Phi) is 3.13. The predicted molar refractivity (Wildman–Crippen MR) is 72.1 cm³/mol. The number of nitrogens with one attached hydrogen (secondary N) is 2. The molecule has 1 atom stereocenters. The maximum absolute atomic E-state index is 12.1. The van der Waals surface area contributed by atoms with Crippen LogP contribution in [0.2, 0.25) is 0 Å². The van der Waals surface area contributed by atoms with E-state index in [0.29, 0.717) is 5.82 Å². The molecule has 0 saturated heterocycles. The zero-order chi connectivity index (χ0) is 14.1. The molecule has 2 aromatic rings. The minimum Gasteiger partial charge on any atom is -0.328 e. The number of amides is 2. The van der Waals surface area contributed by atoms with Crippen LogP contribution in [0.1, 0.15) is 30.4 Å². The monoisotopic (exact) mass is 275 g/mol. The summed E-state index contributed by atoms with van der Waals surface area (Å²) in [5.41, 5.74) is 0.861. The van der Waals surface area contributed by atoms with Gasteiger partial charge in [-0.2, -0.15) is 10.2 Å². The third-order valence-corrected chi connectivity index (χ3v) is 3.37. The summed E-state index contributed by atoms with van der Waals surface area (Å²) in [5, 5.41) is 14.0. The third kappa shape index (κ3) is 2.36. The van der Waals surface area contributed by atoms with Crippen LogP contribution in [-0.4, -0.2) is 30.6 Å². The van der Waals surface area contributed by atoms with Gasteiger partial charge in [-0.15, -0.1) is 0 Å². The van der Waals surface area contributed by atoms with Crippen molar-refractivity contribution < 1.29 is 4.79 Å². The minimum absolute atomic E-state index is 0.0967. The molecule has 8 nitrogen and oxygen atoms in total. The van der Waals surface area contributed by atoms with Gasteiger partial charge in [-0.1, -0.05) is 0 Å². The quantitative estimate of drug-likeness (QED) is 0.854. The number of anilines is 1. The van der Waals surface area contributed by atoms with Crippen LogP contribution >= 0.6 is 0 Å². The van der Waals surface area contributed by atoms with Gasteiger partial charge in [0.2, 0.25) is 0 Å². The van der Waals surface area contributed by atoms with E-state index in [4.69, 9.17) is 0 Å². The Morgan fingerprint density at radius 2 is 2.35 bits per heavy atom. The van der Waals surface area contributed by atoms with Crippen LogP contribution in [0.4, 0.5) is 10.6 Å². The molecular weight excluding hydrogens is 258 g/mol. The van der Waals surface area contributed by atoms with Crippen molar-refractivity contribution in [2.75, 3.05) is 5.32 Å². The molecule has 3 rings (SSSR count). The van der Waals surface area contributed by atoms with Crippen molar-refractivity contribution in [3.63, 3.8) is 0 Å². The number of hydrogen-bond donors (Lipinski definition) is 2. The second-order valence-electron chi connectivity index (χ2n) is 4.93. The first-order valence-corrected chi connectivity index (χ1v) is 6.59. The first-order chi connectivity index (χ1) is 9.63. The molecule has 1 aliphatic heterocycles. The van der Waals surface area contributed by atoms with E-state index in [-0.39, 0.29) is 12.1 Å². The van der Waals surface area contributed by atoms with E-state index in [1.165, 1.54) is 6.33 Å². The summed E-state index contributed by atoms with van der Waals surface area (Å²) in [6.07, 6.45) is 3.38. The fraction of sp³-hybridized carbons (Fsp3) is 0.500. The highest BCUT2D eigenvalue weighted by Gasteiger charge is 2.24. The van der Waals surface area contributed by atoms with E-state index < -0.39 is 0 Å². The topological polar surface area (TPSA) is 89.7 Å². The zero-order valence-corrected chi connectivity index (χ0v) is 11.5. The standard InChI is InChI=1S/C12H17N7O/c1-8-6-10(18(2)17-8)16-12(20)15-9-4-3-5-19-11(9)13-7-14-19/h6-7,9H,3-5H2,1-2H3,(H2,15,16,20). The Morgan fingerprint density at radius 1 is 1.50 bits per heavy atom. The number of hydrogen-bond acceptors (Lipinski definition) is 4. The SMILES string of the molecule is Cc1cc(NC(=O)NC2CCCn3ncnc32)n(C)n1. The highest BCUT2D eigenvalue weighted by atomic mass is 16.2. The van der Waals surface area contributed by atoms with Crippen LogP contribution in [0, 0.1) is 6.92 Å². The summed E-state index contributed by atoms with van der Waals surface area (Å²) >= 11 is 0. The molecule has 0 spiro atoms. The van der Waals surface area contributed by atoms with Crippen molar-refractivity contribution in [3.8, 4) is 0 Å². The minimum atomic E-state index is -0.255. The molecule has 0 aliphatic carbocycles. The van der Waals surface area contributed by atoms with Crippen molar-refractivity contribution >= 4 is 11.8 Å². The summed E-state index contributed by atoms with van der Waals surface area (Å²) in [6, 6.07) is 1.47. The number of fused-ring (bicyclic) bond motifs is 1. The van der Waals surface area contributed by atoms with Gasteiger partial charge in [0.1, 0.15) is 18.0 Å². The fourth-order valence-corrected chi connectivity index (χ4v) is 2.46. The van der Waals surface area contributed by atoms with Crippen molar-refractivity contribution in [2.45, 2.75) is 32.4 Å². The summed E-state index contributed by atoms with van der Waals surface area (Å²) in [4.78, 5) is 16.3. The van der Waals surface area contributed by atoms with E-state index >= 15 is 0 Å². The molecule has 0 bridgehead atoms. The van der Waals surface area contributed by atoms with Gasteiger partial charge in [0.05, 0.1) is 11.7 Å².